The molecule has 0 fully saturated rings. The van der Waals surface area contributed by atoms with Gasteiger partial charge < -0.3 is 0 Å². The molecule has 3 heterocycles. The van der Waals surface area contributed by atoms with Crippen LogP contribution < -0.4 is 5.56 Å². The van der Waals surface area contributed by atoms with Crippen LogP contribution in [0.1, 0.15) is 0 Å². The number of nitrogens with zero attached hydrogens (tertiary/aromatic N) is 4. The van der Waals surface area contributed by atoms with E-state index in [2.05, 4.69) is 15.1 Å². The number of rotatable bonds is 3. The van der Waals surface area contributed by atoms with E-state index in [9.17, 15) is 4.79 Å². The van der Waals surface area contributed by atoms with Gasteiger partial charge in [-0.1, -0.05) is 42.5 Å². The third-order valence-corrected chi connectivity index (χ3v) is 4.79. The van der Waals surface area contributed by atoms with Gasteiger partial charge in [0.1, 0.15) is 5.69 Å². The molecule has 0 aliphatic rings. The molecule has 0 spiro atoms. The zero-order valence-corrected chi connectivity index (χ0v) is 15.4. The number of pyridine rings is 2. The Morgan fingerprint density at radius 1 is 0.724 bits per heavy atom. The minimum absolute atomic E-state index is 0.201. The van der Waals surface area contributed by atoms with E-state index in [-0.39, 0.29) is 5.56 Å². The molecule has 0 N–H and O–H groups in total. The van der Waals surface area contributed by atoms with E-state index in [4.69, 9.17) is 0 Å². The predicted octanol–water partition coefficient (Wildman–Crippen LogP) is 4.51. The first kappa shape index (κ1) is 17.0. The maximum absolute atomic E-state index is 13.3. The molecule has 5 rings (SSSR count). The van der Waals surface area contributed by atoms with Crippen molar-refractivity contribution in [2.45, 2.75) is 0 Å². The first-order valence-electron chi connectivity index (χ1n) is 9.25. The lowest BCUT2D eigenvalue weighted by atomic mass is 10.1. The third-order valence-electron chi connectivity index (χ3n) is 4.79. The van der Waals surface area contributed by atoms with Crippen LogP contribution >= 0.6 is 0 Å². The van der Waals surface area contributed by atoms with E-state index in [1.165, 1.54) is 4.68 Å². The molecule has 0 unspecified atom stereocenters. The summed E-state index contributed by atoms with van der Waals surface area (Å²) in [4.78, 5) is 21.9. The lowest BCUT2D eigenvalue weighted by Crippen LogP contribution is -2.23. The van der Waals surface area contributed by atoms with Gasteiger partial charge in [-0.2, -0.15) is 9.78 Å². The molecule has 138 valence electrons. The number of hydrogen-bond acceptors (Lipinski definition) is 4. The van der Waals surface area contributed by atoms with E-state index in [0.717, 1.165) is 16.3 Å². The highest BCUT2D eigenvalue weighted by Gasteiger charge is 2.14. The van der Waals surface area contributed by atoms with Crippen LogP contribution in [0.25, 0.3) is 39.0 Å². The average molecular weight is 376 g/mol. The summed E-state index contributed by atoms with van der Waals surface area (Å²) in [5, 5.41) is 6.78. The quantitative estimate of drug-likeness (QED) is 0.465. The number of aromatic nitrogens is 4. The molecule has 29 heavy (non-hydrogen) atoms. The minimum Gasteiger partial charge on any atom is -0.267 e. The fourth-order valence-electron chi connectivity index (χ4n) is 3.35. The molecule has 0 bridgehead atoms. The van der Waals surface area contributed by atoms with Crippen LogP contribution in [-0.4, -0.2) is 19.7 Å². The lowest BCUT2D eigenvalue weighted by Gasteiger charge is -2.11. The van der Waals surface area contributed by atoms with Crippen molar-refractivity contribution in [3.8, 4) is 28.2 Å². The van der Waals surface area contributed by atoms with Gasteiger partial charge in [0, 0.05) is 24.2 Å². The van der Waals surface area contributed by atoms with E-state index in [1.807, 2.05) is 72.8 Å². The molecule has 5 heteroatoms. The standard InChI is InChI=1S/C24H16N4O/c29-24-21(19-8-5-12-25-16-19)15-23(22-9-3-4-13-26-22)27-28(24)20-11-10-17-6-1-2-7-18(17)14-20/h1-16H. The fourth-order valence-corrected chi connectivity index (χ4v) is 3.35. The van der Waals surface area contributed by atoms with Crippen molar-refractivity contribution in [2.75, 3.05) is 0 Å². The van der Waals surface area contributed by atoms with E-state index in [0.29, 0.717) is 22.6 Å². The van der Waals surface area contributed by atoms with Gasteiger partial charge in [0.25, 0.3) is 5.56 Å². The Balaban J connectivity index is 1.78. The van der Waals surface area contributed by atoms with Gasteiger partial charge in [-0.15, -0.1) is 0 Å². The van der Waals surface area contributed by atoms with Gasteiger partial charge in [0.05, 0.1) is 16.9 Å². The summed E-state index contributed by atoms with van der Waals surface area (Å²) < 4.78 is 1.44. The van der Waals surface area contributed by atoms with Gasteiger partial charge in [0.15, 0.2) is 0 Å². The van der Waals surface area contributed by atoms with Crippen molar-refractivity contribution in [3.05, 3.63) is 108 Å². The van der Waals surface area contributed by atoms with Gasteiger partial charge in [-0.25, -0.2) is 0 Å². The first-order valence-corrected chi connectivity index (χ1v) is 9.25. The third kappa shape index (κ3) is 3.19. The average Bonchev–Trinajstić information content (AvgIpc) is 2.80. The van der Waals surface area contributed by atoms with E-state index < -0.39 is 0 Å². The summed E-state index contributed by atoms with van der Waals surface area (Å²) in [7, 11) is 0. The fraction of sp³-hybridized carbons (Fsp3) is 0. The lowest BCUT2D eigenvalue weighted by molar-refractivity contribution is 0.814. The van der Waals surface area contributed by atoms with E-state index >= 15 is 0 Å². The highest BCUT2D eigenvalue weighted by atomic mass is 16.1. The van der Waals surface area contributed by atoms with Crippen molar-refractivity contribution < 1.29 is 0 Å². The summed E-state index contributed by atoms with van der Waals surface area (Å²) >= 11 is 0. The summed E-state index contributed by atoms with van der Waals surface area (Å²) in [5.74, 6) is 0. The van der Waals surface area contributed by atoms with Crippen molar-refractivity contribution in [2.24, 2.45) is 0 Å². The largest absolute Gasteiger partial charge is 0.279 e. The summed E-state index contributed by atoms with van der Waals surface area (Å²) in [6.45, 7) is 0. The highest BCUT2D eigenvalue weighted by Crippen LogP contribution is 2.22. The molecule has 0 radical (unpaired) electrons. The predicted molar refractivity (Wildman–Crippen MR) is 114 cm³/mol. The topological polar surface area (TPSA) is 60.7 Å². The maximum atomic E-state index is 13.3. The van der Waals surface area contributed by atoms with Crippen molar-refractivity contribution >= 4 is 10.8 Å². The van der Waals surface area contributed by atoms with Crippen LogP contribution in [0.15, 0.2) is 102 Å². The molecular formula is C24H16N4O. The van der Waals surface area contributed by atoms with Gasteiger partial charge >= 0.3 is 0 Å². The van der Waals surface area contributed by atoms with Crippen molar-refractivity contribution in [1.82, 2.24) is 19.7 Å². The summed E-state index contributed by atoms with van der Waals surface area (Å²) in [5.41, 5.74) is 3.10. The smallest absolute Gasteiger partial charge is 0.267 e. The second-order valence-corrected chi connectivity index (χ2v) is 6.65. The Morgan fingerprint density at radius 2 is 1.59 bits per heavy atom. The van der Waals surface area contributed by atoms with Crippen LogP contribution in [0.5, 0.6) is 0 Å². The molecule has 2 aromatic carbocycles. The summed E-state index contributed by atoms with van der Waals surface area (Å²) in [6, 6.07) is 25.0. The number of fused-ring (bicyclic) bond motifs is 1. The Kier molecular flexibility index (Phi) is 4.18. The zero-order chi connectivity index (χ0) is 19.6. The highest BCUT2D eigenvalue weighted by molar-refractivity contribution is 5.84. The Morgan fingerprint density at radius 3 is 2.38 bits per heavy atom. The van der Waals surface area contributed by atoms with Gasteiger partial charge in [0.2, 0.25) is 0 Å². The molecule has 0 amide bonds. The zero-order valence-electron chi connectivity index (χ0n) is 15.4. The van der Waals surface area contributed by atoms with Crippen LogP contribution in [0.2, 0.25) is 0 Å². The van der Waals surface area contributed by atoms with Crippen LogP contribution in [0, 0.1) is 0 Å². The molecule has 0 aliphatic carbocycles. The van der Waals surface area contributed by atoms with Crippen molar-refractivity contribution in [1.29, 1.82) is 0 Å². The number of benzene rings is 2. The first-order chi connectivity index (χ1) is 14.3. The molecular weight excluding hydrogens is 360 g/mol. The second-order valence-electron chi connectivity index (χ2n) is 6.65. The van der Waals surface area contributed by atoms with Gasteiger partial charge in [-0.3, -0.25) is 14.8 Å². The monoisotopic (exact) mass is 376 g/mol. The molecule has 0 saturated carbocycles. The van der Waals surface area contributed by atoms with Crippen LogP contribution in [0.4, 0.5) is 0 Å². The molecule has 0 saturated heterocycles. The molecule has 5 aromatic rings. The summed E-state index contributed by atoms with van der Waals surface area (Å²) in [6.07, 6.45) is 5.09. The normalized spacial score (nSPS) is 10.9. The molecule has 0 aliphatic heterocycles. The second kappa shape index (κ2) is 7.13. The number of hydrogen-bond donors (Lipinski definition) is 0. The Labute approximate surface area is 167 Å². The SMILES string of the molecule is O=c1c(-c2cccnc2)cc(-c2ccccn2)nn1-c1ccc2ccccc2c1. The maximum Gasteiger partial charge on any atom is 0.279 e. The Hall–Kier alpha value is -4.12. The van der Waals surface area contributed by atoms with Crippen LogP contribution in [0.3, 0.4) is 0 Å². The molecule has 0 atom stereocenters. The molecule has 3 aromatic heterocycles. The Bertz CT molecular complexity index is 1360. The van der Waals surface area contributed by atoms with E-state index in [1.54, 1.807) is 24.7 Å². The van der Waals surface area contributed by atoms with Crippen LogP contribution in [-0.2, 0) is 0 Å². The van der Waals surface area contributed by atoms with Gasteiger partial charge in [-0.05, 0) is 47.2 Å². The minimum atomic E-state index is -0.201. The van der Waals surface area contributed by atoms with Crippen molar-refractivity contribution in [3.63, 3.8) is 0 Å². The molecule has 5 nitrogen and oxygen atoms in total.